The molecule has 1 aromatic rings. The summed E-state index contributed by atoms with van der Waals surface area (Å²) in [6, 6.07) is 8.23. The Kier molecular flexibility index (Phi) is 13.0. The molecule has 178 valence electrons. The van der Waals surface area contributed by atoms with E-state index in [0.717, 1.165) is 50.7 Å². The fourth-order valence-electron chi connectivity index (χ4n) is 3.66. The van der Waals surface area contributed by atoms with Crippen molar-refractivity contribution < 1.29 is 5.11 Å². The standard InChI is InChI=1S/C24H43N5O.HI/c1-6-25-23(26-13-7-15-29-16-8-14-28(5)17-18-29)27-19-22(30)20-9-11-21(12-10-20)24(2,3)4;/h9-12,22,30H,6-8,13-19H2,1-5H3,(H2,25,26,27);1H. The first kappa shape index (κ1) is 28.1. The Labute approximate surface area is 206 Å². The molecule has 2 rings (SSSR count). The SMILES string of the molecule is CCNC(=NCC(O)c1ccc(C(C)(C)C)cc1)NCCCN1CCCN(C)CC1.I. The Bertz CT molecular complexity index is 644. The van der Waals surface area contributed by atoms with Crippen LogP contribution in [0, 0.1) is 0 Å². The van der Waals surface area contributed by atoms with Gasteiger partial charge in [-0.1, -0.05) is 45.0 Å². The van der Waals surface area contributed by atoms with Gasteiger partial charge >= 0.3 is 0 Å². The van der Waals surface area contributed by atoms with Crippen LogP contribution in [0.15, 0.2) is 29.3 Å². The topological polar surface area (TPSA) is 63.1 Å². The number of aliphatic hydroxyl groups is 1. The number of guanidine groups is 1. The molecule has 0 aliphatic carbocycles. The molecular weight excluding hydrogens is 501 g/mol. The van der Waals surface area contributed by atoms with Crippen LogP contribution in [0.2, 0.25) is 0 Å². The van der Waals surface area contributed by atoms with Crippen LogP contribution < -0.4 is 10.6 Å². The lowest BCUT2D eigenvalue weighted by Gasteiger charge is -2.20. The number of halogens is 1. The van der Waals surface area contributed by atoms with Gasteiger partial charge in [-0.2, -0.15) is 0 Å². The first-order chi connectivity index (χ1) is 14.3. The van der Waals surface area contributed by atoms with Crippen LogP contribution >= 0.6 is 24.0 Å². The van der Waals surface area contributed by atoms with Crippen molar-refractivity contribution in [2.75, 3.05) is 59.4 Å². The lowest BCUT2D eigenvalue weighted by molar-refractivity contribution is 0.187. The van der Waals surface area contributed by atoms with Gasteiger partial charge in [-0.25, -0.2) is 0 Å². The molecule has 1 saturated heterocycles. The van der Waals surface area contributed by atoms with Crippen molar-refractivity contribution in [2.45, 2.75) is 52.1 Å². The van der Waals surface area contributed by atoms with E-state index in [4.69, 9.17) is 0 Å². The maximum atomic E-state index is 10.5. The van der Waals surface area contributed by atoms with Crippen molar-refractivity contribution >= 4 is 29.9 Å². The van der Waals surface area contributed by atoms with Gasteiger partial charge in [0, 0.05) is 26.2 Å². The number of hydrogen-bond acceptors (Lipinski definition) is 4. The van der Waals surface area contributed by atoms with E-state index in [-0.39, 0.29) is 29.4 Å². The zero-order valence-corrected chi connectivity index (χ0v) is 22.5. The molecule has 0 radical (unpaired) electrons. The fraction of sp³-hybridized carbons (Fsp3) is 0.708. The number of aliphatic imine (C=N–C) groups is 1. The summed E-state index contributed by atoms with van der Waals surface area (Å²) >= 11 is 0. The van der Waals surface area contributed by atoms with E-state index in [1.54, 1.807) is 0 Å². The minimum atomic E-state index is -0.594. The zero-order chi connectivity index (χ0) is 22.0. The summed E-state index contributed by atoms with van der Waals surface area (Å²) in [6.45, 7) is 16.5. The molecule has 1 aliphatic rings. The van der Waals surface area contributed by atoms with Crippen molar-refractivity contribution in [3.05, 3.63) is 35.4 Å². The normalized spacial score (nSPS) is 17.5. The average Bonchev–Trinajstić information content (AvgIpc) is 2.92. The van der Waals surface area contributed by atoms with Gasteiger partial charge in [-0.3, -0.25) is 4.99 Å². The van der Waals surface area contributed by atoms with E-state index in [1.807, 2.05) is 12.1 Å². The molecular formula is C24H44IN5O. The van der Waals surface area contributed by atoms with Crippen molar-refractivity contribution in [1.82, 2.24) is 20.4 Å². The van der Waals surface area contributed by atoms with E-state index >= 15 is 0 Å². The molecule has 0 aromatic heterocycles. The molecule has 1 aromatic carbocycles. The number of benzene rings is 1. The fourth-order valence-corrected chi connectivity index (χ4v) is 3.66. The van der Waals surface area contributed by atoms with Crippen molar-refractivity contribution in [2.24, 2.45) is 4.99 Å². The molecule has 0 saturated carbocycles. The Balaban J connectivity index is 0.00000480. The van der Waals surface area contributed by atoms with Crippen LogP contribution in [0.25, 0.3) is 0 Å². The highest BCUT2D eigenvalue weighted by Gasteiger charge is 2.15. The van der Waals surface area contributed by atoms with Gasteiger partial charge in [-0.15, -0.1) is 24.0 Å². The quantitative estimate of drug-likeness (QED) is 0.203. The van der Waals surface area contributed by atoms with Crippen LogP contribution in [0.3, 0.4) is 0 Å². The summed E-state index contributed by atoms with van der Waals surface area (Å²) in [5.41, 5.74) is 2.30. The molecule has 1 unspecified atom stereocenters. The van der Waals surface area contributed by atoms with Gasteiger partial charge in [0.1, 0.15) is 0 Å². The van der Waals surface area contributed by atoms with E-state index in [9.17, 15) is 5.11 Å². The smallest absolute Gasteiger partial charge is 0.191 e. The molecule has 31 heavy (non-hydrogen) atoms. The van der Waals surface area contributed by atoms with Crippen LogP contribution in [0.4, 0.5) is 0 Å². The number of hydrogen-bond donors (Lipinski definition) is 3. The maximum Gasteiger partial charge on any atom is 0.191 e. The van der Waals surface area contributed by atoms with Crippen molar-refractivity contribution in [3.8, 4) is 0 Å². The summed E-state index contributed by atoms with van der Waals surface area (Å²) in [6.07, 6.45) is 1.75. The predicted octanol–water partition coefficient (Wildman–Crippen LogP) is 3.22. The Morgan fingerprint density at radius 3 is 2.45 bits per heavy atom. The van der Waals surface area contributed by atoms with Crippen molar-refractivity contribution in [1.29, 1.82) is 0 Å². The Morgan fingerprint density at radius 2 is 1.81 bits per heavy atom. The van der Waals surface area contributed by atoms with E-state index in [1.165, 1.54) is 25.1 Å². The lowest BCUT2D eigenvalue weighted by atomic mass is 9.86. The van der Waals surface area contributed by atoms with Gasteiger partial charge in [-0.05, 0) is 63.0 Å². The third-order valence-electron chi connectivity index (χ3n) is 5.68. The highest BCUT2D eigenvalue weighted by atomic mass is 127. The summed E-state index contributed by atoms with van der Waals surface area (Å²) < 4.78 is 0. The first-order valence-corrected chi connectivity index (χ1v) is 11.5. The average molecular weight is 546 g/mol. The molecule has 0 amide bonds. The third-order valence-corrected chi connectivity index (χ3v) is 5.68. The van der Waals surface area contributed by atoms with Crippen LogP contribution in [-0.4, -0.2) is 80.3 Å². The van der Waals surface area contributed by atoms with Gasteiger partial charge in [0.2, 0.25) is 0 Å². The predicted molar refractivity (Wildman–Crippen MR) is 143 cm³/mol. The largest absolute Gasteiger partial charge is 0.386 e. The van der Waals surface area contributed by atoms with Crippen LogP contribution in [0.1, 0.15) is 57.8 Å². The van der Waals surface area contributed by atoms with E-state index < -0.39 is 6.10 Å². The molecule has 1 heterocycles. The summed E-state index contributed by atoms with van der Waals surface area (Å²) in [7, 11) is 2.21. The van der Waals surface area contributed by atoms with Gasteiger partial charge in [0.15, 0.2) is 5.96 Å². The number of rotatable bonds is 8. The molecule has 3 N–H and O–H groups in total. The van der Waals surface area contributed by atoms with Gasteiger partial charge < -0.3 is 25.5 Å². The lowest BCUT2D eigenvalue weighted by Crippen LogP contribution is -2.39. The molecule has 6 nitrogen and oxygen atoms in total. The Morgan fingerprint density at radius 1 is 1.10 bits per heavy atom. The number of likely N-dealkylation sites (N-methyl/N-ethyl adjacent to an activating group) is 1. The summed E-state index contributed by atoms with van der Waals surface area (Å²) in [5.74, 6) is 0.776. The minimum absolute atomic E-state index is 0. The van der Waals surface area contributed by atoms with E-state index in [0.29, 0.717) is 6.54 Å². The molecule has 1 aliphatic heterocycles. The second kappa shape index (κ2) is 14.3. The summed E-state index contributed by atoms with van der Waals surface area (Å²) in [4.78, 5) is 9.56. The van der Waals surface area contributed by atoms with Crippen molar-refractivity contribution in [3.63, 3.8) is 0 Å². The first-order valence-electron chi connectivity index (χ1n) is 11.5. The number of nitrogens with zero attached hydrogens (tertiary/aromatic N) is 3. The van der Waals surface area contributed by atoms with E-state index in [2.05, 4.69) is 72.3 Å². The minimum Gasteiger partial charge on any atom is -0.386 e. The second-order valence-corrected chi connectivity index (χ2v) is 9.39. The number of nitrogens with one attached hydrogen (secondary N) is 2. The zero-order valence-electron chi connectivity index (χ0n) is 20.2. The maximum absolute atomic E-state index is 10.5. The number of aliphatic hydroxyl groups excluding tert-OH is 1. The molecule has 0 spiro atoms. The highest BCUT2D eigenvalue weighted by molar-refractivity contribution is 14.0. The molecule has 1 atom stereocenters. The molecule has 1 fully saturated rings. The second-order valence-electron chi connectivity index (χ2n) is 9.39. The van der Waals surface area contributed by atoms with Gasteiger partial charge in [0.25, 0.3) is 0 Å². The third kappa shape index (κ3) is 10.5. The highest BCUT2D eigenvalue weighted by Crippen LogP contribution is 2.24. The molecule has 0 bridgehead atoms. The van der Waals surface area contributed by atoms with Crippen LogP contribution in [-0.2, 0) is 5.41 Å². The van der Waals surface area contributed by atoms with Crippen LogP contribution in [0.5, 0.6) is 0 Å². The summed E-state index contributed by atoms with van der Waals surface area (Å²) in [5, 5.41) is 17.2. The monoisotopic (exact) mass is 545 g/mol. The molecule has 7 heteroatoms. The Hall–Kier alpha value is -0.900. The van der Waals surface area contributed by atoms with Gasteiger partial charge in [0.05, 0.1) is 12.6 Å².